The minimum atomic E-state index is -3.33. The zero-order chi connectivity index (χ0) is 14.2. The van der Waals surface area contributed by atoms with Gasteiger partial charge < -0.3 is 5.11 Å². The van der Waals surface area contributed by atoms with Crippen LogP contribution in [0.15, 0.2) is 41.3 Å². The number of hydrogen-bond donors (Lipinski definition) is 1. The topological polar surface area (TPSA) is 54.4 Å². The van der Waals surface area contributed by atoms with Gasteiger partial charge in [-0.05, 0) is 23.8 Å². The molecule has 2 aromatic carbocycles. The largest absolute Gasteiger partial charge is 0.505 e. The Hall–Kier alpha value is -1.95. The molecule has 0 aromatic heterocycles. The third-order valence-electron chi connectivity index (χ3n) is 2.63. The number of hydrogen-bond acceptors (Lipinski definition) is 3. The van der Waals surface area contributed by atoms with E-state index >= 15 is 0 Å². The average Bonchev–Trinajstić information content (AvgIpc) is 2.33. The number of phenols is 1. The summed E-state index contributed by atoms with van der Waals surface area (Å²) in [6.45, 7) is 0. The summed E-state index contributed by atoms with van der Waals surface area (Å²) in [5, 5.41) is 9.03. The van der Waals surface area contributed by atoms with E-state index in [1.165, 1.54) is 24.3 Å². The summed E-state index contributed by atoms with van der Waals surface area (Å²) >= 11 is 0. The summed E-state index contributed by atoms with van der Waals surface area (Å²) in [5.74, 6) is -2.50. The minimum absolute atomic E-state index is 0.0460. The van der Waals surface area contributed by atoms with E-state index in [4.69, 9.17) is 5.11 Å². The second-order valence-corrected chi connectivity index (χ2v) is 6.10. The van der Waals surface area contributed by atoms with E-state index in [0.29, 0.717) is 11.6 Å². The predicted octanol–water partition coefficient (Wildman–Crippen LogP) is 2.74. The number of aromatic hydroxyl groups is 1. The zero-order valence-corrected chi connectivity index (χ0v) is 10.7. The van der Waals surface area contributed by atoms with Crippen molar-refractivity contribution in [2.75, 3.05) is 6.26 Å². The van der Waals surface area contributed by atoms with Gasteiger partial charge in [-0.2, -0.15) is 0 Å². The first-order chi connectivity index (χ1) is 8.79. The van der Waals surface area contributed by atoms with Gasteiger partial charge in [0.2, 0.25) is 0 Å². The Morgan fingerprint density at radius 1 is 1.00 bits per heavy atom. The number of benzene rings is 2. The van der Waals surface area contributed by atoms with Crippen LogP contribution in [0, 0.1) is 11.6 Å². The van der Waals surface area contributed by atoms with Crippen LogP contribution in [-0.4, -0.2) is 19.8 Å². The standard InChI is InChI=1S/C13H10F2O3S/c1-19(17,18)9-4-2-8(3-5-9)10-6-12(15)13(16)7-11(10)14/h2-7,16H,1H3. The fourth-order valence-corrected chi connectivity index (χ4v) is 2.27. The maximum Gasteiger partial charge on any atom is 0.175 e. The summed E-state index contributed by atoms with van der Waals surface area (Å²) in [5.41, 5.74) is 0.277. The van der Waals surface area contributed by atoms with Gasteiger partial charge in [-0.25, -0.2) is 17.2 Å². The molecule has 2 rings (SSSR count). The molecule has 0 saturated heterocycles. The monoisotopic (exact) mass is 284 g/mol. The van der Waals surface area contributed by atoms with E-state index in [0.717, 1.165) is 12.3 Å². The van der Waals surface area contributed by atoms with E-state index in [1.54, 1.807) is 0 Å². The van der Waals surface area contributed by atoms with Gasteiger partial charge in [-0.1, -0.05) is 12.1 Å². The lowest BCUT2D eigenvalue weighted by Gasteiger charge is -2.06. The summed E-state index contributed by atoms with van der Waals surface area (Å²) in [4.78, 5) is 0.0934. The van der Waals surface area contributed by atoms with Gasteiger partial charge in [0.1, 0.15) is 5.82 Å². The zero-order valence-electron chi connectivity index (χ0n) is 9.89. The Balaban J connectivity index is 2.52. The molecule has 0 spiro atoms. The quantitative estimate of drug-likeness (QED) is 0.922. The molecule has 0 heterocycles. The summed E-state index contributed by atoms with van der Waals surface area (Å²) in [7, 11) is -3.33. The molecule has 19 heavy (non-hydrogen) atoms. The fraction of sp³-hybridized carbons (Fsp3) is 0.0769. The molecular weight excluding hydrogens is 274 g/mol. The number of phenolic OH excluding ortho intramolecular Hbond substituents is 1. The van der Waals surface area contributed by atoms with Crippen molar-refractivity contribution in [1.29, 1.82) is 0 Å². The van der Waals surface area contributed by atoms with Crippen molar-refractivity contribution in [1.82, 2.24) is 0 Å². The van der Waals surface area contributed by atoms with Crippen molar-refractivity contribution in [2.45, 2.75) is 4.90 Å². The minimum Gasteiger partial charge on any atom is -0.505 e. The third-order valence-corrected chi connectivity index (χ3v) is 3.76. The van der Waals surface area contributed by atoms with E-state index in [2.05, 4.69) is 0 Å². The fourth-order valence-electron chi connectivity index (χ4n) is 1.64. The molecule has 0 saturated carbocycles. The number of halogens is 2. The van der Waals surface area contributed by atoms with Gasteiger partial charge >= 0.3 is 0 Å². The van der Waals surface area contributed by atoms with E-state index in [1.807, 2.05) is 0 Å². The van der Waals surface area contributed by atoms with Crippen molar-refractivity contribution in [3.05, 3.63) is 48.0 Å². The van der Waals surface area contributed by atoms with Gasteiger partial charge in [-0.3, -0.25) is 0 Å². The van der Waals surface area contributed by atoms with E-state index in [-0.39, 0.29) is 10.5 Å². The van der Waals surface area contributed by atoms with Crippen LogP contribution in [0.4, 0.5) is 8.78 Å². The van der Waals surface area contributed by atoms with Crippen LogP contribution >= 0.6 is 0 Å². The van der Waals surface area contributed by atoms with Gasteiger partial charge in [-0.15, -0.1) is 0 Å². The highest BCUT2D eigenvalue weighted by atomic mass is 32.2. The number of sulfone groups is 1. The Morgan fingerprint density at radius 3 is 2.11 bits per heavy atom. The first-order valence-electron chi connectivity index (χ1n) is 5.27. The summed E-state index contributed by atoms with van der Waals surface area (Å²) in [6, 6.07) is 6.93. The van der Waals surface area contributed by atoms with Crippen LogP contribution in [0.25, 0.3) is 11.1 Å². The highest BCUT2D eigenvalue weighted by Crippen LogP contribution is 2.28. The molecule has 0 aliphatic rings. The molecule has 0 aliphatic carbocycles. The molecular formula is C13H10F2O3S. The van der Waals surface area contributed by atoms with Gasteiger partial charge in [0.05, 0.1) is 4.90 Å². The first kappa shape index (κ1) is 13.5. The Kier molecular flexibility index (Phi) is 3.28. The van der Waals surface area contributed by atoms with Gasteiger partial charge in [0, 0.05) is 17.9 Å². The summed E-state index contributed by atoms with van der Waals surface area (Å²) < 4.78 is 49.4. The maximum atomic E-state index is 13.6. The molecule has 0 fully saturated rings. The van der Waals surface area contributed by atoms with Crippen LogP contribution in [0.5, 0.6) is 5.75 Å². The lowest BCUT2D eigenvalue weighted by Crippen LogP contribution is -1.96. The molecule has 3 nitrogen and oxygen atoms in total. The third kappa shape index (κ3) is 2.73. The van der Waals surface area contributed by atoms with Crippen molar-refractivity contribution in [2.24, 2.45) is 0 Å². The molecule has 2 aromatic rings. The van der Waals surface area contributed by atoms with Crippen molar-refractivity contribution in [3.8, 4) is 16.9 Å². The highest BCUT2D eigenvalue weighted by molar-refractivity contribution is 7.90. The number of rotatable bonds is 2. The Labute approximate surface area is 109 Å². The second kappa shape index (κ2) is 4.62. The molecule has 0 amide bonds. The first-order valence-corrected chi connectivity index (χ1v) is 7.16. The lowest BCUT2D eigenvalue weighted by atomic mass is 10.0. The second-order valence-electron chi connectivity index (χ2n) is 4.08. The molecule has 100 valence electrons. The van der Waals surface area contributed by atoms with Gasteiger partial charge in [0.25, 0.3) is 0 Å². The van der Waals surface area contributed by atoms with Crippen LogP contribution in [-0.2, 0) is 9.84 Å². The molecule has 0 radical (unpaired) electrons. The predicted molar refractivity (Wildman–Crippen MR) is 66.6 cm³/mol. The van der Waals surface area contributed by atoms with Crippen LogP contribution in [0.1, 0.15) is 0 Å². The van der Waals surface area contributed by atoms with E-state index < -0.39 is 27.2 Å². The summed E-state index contributed by atoms with van der Waals surface area (Å²) in [6.07, 6.45) is 1.06. The lowest BCUT2D eigenvalue weighted by molar-refractivity contribution is 0.427. The SMILES string of the molecule is CS(=O)(=O)c1ccc(-c2cc(F)c(O)cc2F)cc1. The molecule has 0 unspecified atom stereocenters. The van der Waals surface area contributed by atoms with E-state index in [9.17, 15) is 17.2 Å². The smallest absolute Gasteiger partial charge is 0.175 e. The Morgan fingerprint density at radius 2 is 1.58 bits per heavy atom. The van der Waals surface area contributed by atoms with Crippen molar-refractivity contribution in [3.63, 3.8) is 0 Å². The average molecular weight is 284 g/mol. The normalized spacial score (nSPS) is 11.5. The molecule has 0 bridgehead atoms. The maximum absolute atomic E-state index is 13.6. The molecule has 0 aliphatic heterocycles. The molecule has 0 atom stereocenters. The molecule has 1 N–H and O–H groups in total. The highest BCUT2D eigenvalue weighted by Gasteiger charge is 2.12. The van der Waals surface area contributed by atoms with Crippen LogP contribution in [0.3, 0.4) is 0 Å². The van der Waals surface area contributed by atoms with Gasteiger partial charge in [0.15, 0.2) is 21.4 Å². The Bertz CT molecular complexity index is 722. The van der Waals surface area contributed by atoms with Crippen LogP contribution < -0.4 is 0 Å². The molecule has 6 heteroatoms. The van der Waals surface area contributed by atoms with Crippen molar-refractivity contribution < 1.29 is 22.3 Å². The van der Waals surface area contributed by atoms with Crippen molar-refractivity contribution >= 4 is 9.84 Å². The van der Waals surface area contributed by atoms with Crippen LogP contribution in [0.2, 0.25) is 0 Å².